The molecule has 1 aliphatic rings. The van der Waals surface area contributed by atoms with Gasteiger partial charge in [-0.15, -0.1) is 5.10 Å². The maximum Gasteiger partial charge on any atom is 0.318 e. The lowest BCUT2D eigenvalue weighted by Gasteiger charge is -2.17. The van der Waals surface area contributed by atoms with Crippen molar-refractivity contribution in [2.75, 3.05) is 18.0 Å². The van der Waals surface area contributed by atoms with Crippen LogP contribution in [0.5, 0.6) is 0 Å². The van der Waals surface area contributed by atoms with Gasteiger partial charge in [0, 0.05) is 18.7 Å². The number of nitrogens with zero attached hydrogens (tertiary/aromatic N) is 3. The van der Waals surface area contributed by atoms with E-state index in [-0.39, 0.29) is 5.91 Å². The Bertz CT molecular complexity index is 962. The van der Waals surface area contributed by atoms with Crippen LogP contribution in [0.4, 0.5) is 6.01 Å². The molecule has 1 unspecified atom stereocenters. The van der Waals surface area contributed by atoms with E-state index >= 15 is 0 Å². The van der Waals surface area contributed by atoms with E-state index < -0.39 is 6.04 Å². The van der Waals surface area contributed by atoms with Crippen LogP contribution in [-0.2, 0) is 0 Å². The average Bonchev–Trinajstić information content (AvgIpc) is 3.38. The van der Waals surface area contributed by atoms with Gasteiger partial charge in [-0.3, -0.25) is 4.79 Å². The maximum atomic E-state index is 13.0. The van der Waals surface area contributed by atoms with E-state index in [0.29, 0.717) is 17.5 Å². The highest BCUT2D eigenvalue weighted by Gasteiger charge is 2.26. The molecule has 1 amide bonds. The average molecular weight is 376 g/mol. The molecule has 0 bridgehead atoms. The van der Waals surface area contributed by atoms with Gasteiger partial charge in [-0.25, -0.2) is 0 Å². The molecule has 28 heavy (non-hydrogen) atoms. The Kier molecular flexibility index (Phi) is 5.10. The highest BCUT2D eigenvalue weighted by atomic mass is 16.4. The third-order valence-electron chi connectivity index (χ3n) is 5.09. The first-order valence-electron chi connectivity index (χ1n) is 9.63. The second kappa shape index (κ2) is 7.84. The van der Waals surface area contributed by atoms with Crippen molar-refractivity contribution in [1.29, 1.82) is 0 Å². The Morgan fingerprint density at radius 1 is 1.07 bits per heavy atom. The van der Waals surface area contributed by atoms with Crippen LogP contribution in [0, 0.1) is 13.8 Å². The first-order chi connectivity index (χ1) is 13.6. The predicted octanol–water partition coefficient (Wildman–Crippen LogP) is 3.81. The van der Waals surface area contributed by atoms with Crippen LogP contribution in [0.3, 0.4) is 0 Å². The minimum atomic E-state index is -0.502. The summed E-state index contributed by atoms with van der Waals surface area (Å²) in [6, 6.07) is 15.5. The zero-order chi connectivity index (χ0) is 19.5. The van der Waals surface area contributed by atoms with Gasteiger partial charge in [0.25, 0.3) is 5.91 Å². The van der Waals surface area contributed by atoms with Gasteiger partial charge in [-0.2, -0.15) is 0 Å². The zero-order valence-corrected chi connectivity index (χ0v) is 16.2. The monoisotopic (exact) mass is 376 g/mol. The Labute approximate surface area is 164 Å². The second-order valence-corrected chi connectivity index (χ2v) is 7.25. The lowest BCUT2D eigenvalue weighted by molar-refractivity contribution is 0.0937. The van der Waals surface area contributed by atoms with E-state index in [2.05, 4.69) is 20.4 Å². The summed E-state index contributed by atoms with van der Waals surface area (Å²) in [6.45, 7) is 5.80. The van der Waals surface area contributed by atoms with Crippen molar-refractivity contribution < 1.29 is 9.21 Å². The number of carbonyl (C=O) groups excluding carboxylic acids is 1. The fraction of sp³-hybridized carbons (Fsp3) is 0.318. The van der Waals surface area contributed by atoms with Gasteiger partial charge in [0.2, 0.25) is 5.89 Å². The number of benzene rings is 2. The third-order valence-corrected chi connectivity index (χ3v) is 5.09. The molecule has 1 saturated heterocycles. The van der Waals surface area contributed by atoms with E-state index in [1.54, 1.807) is 0 Å². The van der Waals surface area contributed by atoms with Crippen LogP contribution in [0.25, 0.3) is 0 Å². The molecule has 0 radical (unpaired) electrons. The Morgan fingerprint density at radius 2 is 1.82 bits per heavy atom. The standard InChI is InChI=1S/C22H24N4O2/c1-15-10-11-18(16(2)14-15)20(27)23-19(17-8-4-3-5-9-17)21-24-25-22(28-21)26-12-6-7-13-26/h3-5,8-11,14,19H,6-7,12-13H2,1-2H3,(H,23,27). The molecule has 2 aromatic carbocycles. The van der Waals surface area contributed by atoms with E-state index in [4.69, 9.17) is 4.42 Å². The Hall–Kier alpha value is -3.15. The predicted molar refractivity (Wildman–Crippen MR) is 107 cm³/mol. The summed E-state index contributed by atoms with van der Waals surface area (Å²) in [5.41, 5.74) is 3.61. The molecule has 6 heteroatoms. The van der Waals surface area contributed by atoms with Crippen molar-refractivity contribution in [2.24, 2.45) is 0 Å². The largest absolute Gasteiger partial charge is 0.405 e. The lowest BCUT2D eigenvalue weighted by atomic mass is 10.0. The zero-order valence-electron chi connectivity index (χ0n) is 16.2. The highest BCUT2D eigenvalue weighted by Crippen LogP contribution is 2.26. The van der Waals surface area contributed by atoms with Crippen molar-refractivity contribution >= 4 is 11.9 Å². The molecule has 0 saturated carbocycles. The van der Waals surface area contributed by atoms with Gasteiger partial charge in [0.15, 0.2) is 0 Å². The van der Waals surface area contributed by atoms with E-state index in [9.17, 15) is 4.79 Å². The molecule has 6 nitrogen and oxygen atoms in total. The summed E-state index contributed by atoms with van der Waals surface area (Å²) in [5.74, 6) is 0.235. The normalized spacial score (nSPS) is 14.9. The SMILES string of the molecule is Cc1ccc(C(=O)NC(c2ccccc2)c2nnc(N3CCCC3)o2)c(C)c1. The van der Waals surface area contributed by atoms with E-state index in [1.165, 1.54) is 0 Å². The maximum absolute atomic E-state index is 13.0. The number of aryl methyl sites for hydroxylation is 2. The molecule has 2 heterocycles. The third kappa shape index (κ3) is 3.76. The molecule has 1 aromatic heterocycles. The Morgan fingerprint density at radius 3 is 2.54 bits per heavy atom. The topological polar surface area (TPSA) is 71.3 Å². The van der Waals surface area contributed by atoms with Crippen molar-refractivity contribution in [3.63, 3.8) is 0 Å². The second-order valence-electron chi connectivity index (χ2n) is 7.25. The van der Waals surface area contributed by atoms with Crippen LogP contribution < -0.4 is 10.2 Å². The number of rotatable bonds is 5. The van der Waals surface area contributed by atoms with Gasteiger partial charge < -0.3 is 14.6 Å². The van der Waals surface area contributed by atoms with Gasteiger partial charge in [0.05, 0.1) is 0 Å². The number of carbonyl (C=O) groups is 1. The van der Waals surface area contributed by atoms with Crippen LogP contribution in [-0.4, -0.2) is 29.2 Å². The summed E-state index contributed by atoms with van der Waals surface area (Å²) in [5, 5.41) is 11.5. The van der Waals surface area contributed by atoms with E-state index in [1.807, 2.05) is 62.4 Å². The van der Waals surface area contributed by atoms with Crippen molar-refractivity contribution in [3.8, 4) is 0 Å². The molecule has 1 fully saturated rings. The lowest BCUT2D eigenvalue weighted by Crippen LogP contribution is -2.30. The summed E-state index contributed by atoms with van der Waals surface area (Å²) in [7, 11) is 0. The number of nitrogens with one attached hydrogen (secondary N) is 1. The highest BCUT2D eigenvalue weighted by molar-refractivity contribution is 5.96. The number of anilines is 1. The molecular weight excluding hydrogens is 352 g/mol. The van der Waals surface area contributed by atoms with Gasteiger partial charge in [-0.05, 0) is 43.9 Å². The van der Waals surface area contributed by atoms with Gasteiger partial charge >= 0.3 is 6.01 Å². The fourth-order valence-corrected chi connectivity index (χ4v) is 3.59. The quantitative estimate of drug-likeness (QED) is 0.733. The number of hydrogen-bond acceptors (Lipinski definition) is 5. The first kappa shape index (κ1) is 18.2. The Balaban J connectivity index is 1.63. The van der Waals surface area contributed by atoms with Crippen molar-refractivity contribution in [3.05, 3.63) is 76.7 Å². The number of hydrogen-bond donors (Lipinski definition) is 1. The van der Waals surface area contributed by atoms with Crippen LogP contribution in [0.1, 0.15) is 51.8 Å². The van der Waals surface area contributed by atoms with Crippen molar-refractivity contribution in [2.45, 2.75) is 32.7 Å². The summed E-state index contributed by atoms with van der Waals surface area (Å²) >= 11 is 0. The summed E-state index contributed by atoms with van der Waals surface area (Å²) in [6.07, 6.45) is 2.26. The molecule has 1 atom stereocenters. The van der Waals surface area contributed by atoms with Gasteiger partial charge in [0.1, 0.15) is 6.04 Å². The van der Waals surface area contributed by atoms with Crippen molar-refractivity contribution in [1.82, 2.24) is 15.5 Å². The summed E-state index contributed by atoms with van der Waals surface area (Å²) in [4.78, 5) is 15.1. The molecule has 0 spiro atoms. The molecule has 3 aromatic rings. The first-order valence-corrected chi connectivity index (χ1v) is 9.63. The fourth-order valence-electron chi connectivity index (χ4n) is 3.59. The number of aromatic nitrogens is 2. The minimum absolute atomic E-state index is 0.160. The van der Waals surface area contributed by atoms with Crippen LogP contribution in [0.2, 0.25) is 0 Å². The molecule has 1 aliphatic heterocycles. The molecular formula is C22H24N4O2. The van der Waals surface area contributed by atoms with Crippen LogP contribution in [0.15, 0.2) is 52.9 Å². The van der Waals surface area contributed by atoms with E-state index in [0.717, 1.165) is 42.6 Å². The molecule has 1 N–H and O–H groups in total. The number of amides is 1. The smallest absolute Gasteiger partial charge is 0.318 e. The molecule has 4 rings (SSSR count). The summed E-state index contributed by atoms with van der Waals surface area (Å²) < 4.78 is 5.96. The minimum Gasteiger partial charge on any atom is -0.405 e. The van der Waals surface area contributed by atoms with Crippen LogP contribution >= 0.6 is 0 Å². The molecule has 144 valence electrons. The molecule has 0 aliphatic carbocycles. The van der Waals surface area contributed by atoms with Gasteiger partial charge in [-0.1, -0.05) is 53.1 Å².